The van der Waals surface area contributed by atoms with Crippen LogP contribution < -0.4 is 5.32 Å². The van der Waals surface area contributed by atoms with Crippen molar-refractivity contribution in [3.63, 3.8) is 0 Å². The van der Waals surface area contributed by atoms with Crippen molar-refractivity contribution in [1.29, 1.82) is 5.26 Å². The van der Waals surface area contributed by atoms with E-state index in [1.54, 1.807) is 12.3 Å². The highest BCUT2D eigenvalue weighted by molar-refractivity contribution is 5.43. The van der Waals surface area contributed by atoms with Gasteiger partial charge in [-0.25, -0.2) is 4.98 Å². The lowest BCUT2D eigenvalue weighted by atomic mass is 9.95. The number of hydrogen-bond acceptors (Lipinski definition) is 3. The molecule has 1 aliphatic rings. The van der Waals surface area contributed by atoms with E-state index in [9.17, 15) is 0 Å². The molecule has 0 radical (unpaired) electrons. The van der Waals surface area contributed by atoms with Gasteiger partial charge in [0.25, 0.3) is 0 Å². The summed E-state index contributed by atoms with van der Waals surface area (Å²) in [5, 5.41) is 12.2. The molecule has 0 amide bonds. The molecule has 0 atom stereocenters. The van der Waals surface area contributed by atoms with E-state index in [4.69, 9.17) is 5.26 Å². The van der Waals surface area contributed by atoms with E-state index in [0.717, 1.165) is 5.82 Å². The first-order valence-electron chi connectivity index (χ1n) is 5.51. The number of nitrogens with one attached hydrogen (secondary N) is 1. The minimum atomic E-state index is 0.542. The number of nitrogens with zero attached hydrogens (tertiary/aromatic N) is 2. The van der Waals surface area contributed by atoms with Crippen LogP contribution in [0.2, 0.25) is 0 Å². The molecular weight excluding hydrogens is 186 g/mol. The monoisotopic (exact) mass is 201 g/mol. The van der Waals surface area contributed by atoms with Gasteiger partial charge in [0.2, 0.25) is 0 Å². The number of pyridine rings is 1. The standard InChI is InChI=1S/C12H15N3/c13-9-10-6-7-14-12(8-10)15-11-4-2-1-3-5-11/h6-8,11H,1-5H2,(H,14,15). The zero-order valence-electron chi connectivity index (χ0n) is 8.74. The van der Waals surface area contributed by atoms with Crippen LogP contribution in [0.15, 0.2) is 18.3 Å². The maximum atomic E-state index is 8.76. The first kappa shape index (κ1) is 9.97. The highest BCUT2D eigenvalue weighted by Gasteiger charge is 2.13. The van der Waals surface area contributed by atoms with Crippen LogP contribution in [-0.4, -0.2) is 11.0 Å². The fourth-order valence-corrected chi connectivity index (χ4v) is 2.04. The first-order chi connectivity index (χ1) is 7.38. The van der Waals surface area contributed by atoms with Gasteiger partial charge in [-0.15, -0.1) is 0 Å². The Hall–Kier alpha value is -1.56. The molecule has 3 nitrogen and oxygen atoms in total. The van der Waals surface area contributed by atoms with Gasteiger partial charge in [-0.2, -0.15) is 5.26 Å². The zero-order chi connectivity index (χ0) is 10.5. The molecule has 0 bridgehead atoms. The molecule has 1 saturated carbocycles. The van der Waals surface area contributed by atoms with Crippen molar-refractivity contribution in [2.75, 3.05) is 5.32 Å². The molecule has 0 spiro atoms. The molecule has 0 aromatic carbocycles. The fraction of sp³-hybridized carbons (Fsp3) is 0.500. The third kappa shape index (κ3) is 2.69. The predicted octanol–water partition coefficient (Wildman–Crippen LogP) is 2.70. The molecule has 0 unspecified atom stereocenters. The molecule has 1 N–H and O–H groups in total. The molecule has 1 heterocycles. The molecule has 3 heteroatoms. The van der Waals surface area contributed by atoms with Crippen LogP contribution in [0.5, 0.6) is 0 Å². The average Bonchev–Trinajstić information content (AvgIpc) is 2.31. The van der Waals surface area contributed by atoms with Gasteiger partial charge in [0, 0.05) is 12.2 Å². The van der Waals surface area contributed by atoms with Crippen LogP contribution in [0, 0.1) is 11.3 Å². The number of anilines is 1. The highest BCUT2D eigenvalue weighted by atomic mass is 15.0. The lowest BCUT2D eigenvalue weighted by Gasteiger charge is -2.23. The van der Waals surface area contributed by atoms with Gasteiger partial charge in [0.1, 0.15) is 5.82 Å². The molecule has 1 aromatic rings. The molecule has 0 aliphatic heterocycles. The van der Waals surface area contributed by atoms with Crippen LogP contribution in [0.25, 0.3) is 0 Å². The lowest BCUT2D eigenvalue weighted by molar-refractivity contribution is 0.462. The summed E-state index contributed by atoms with van der Waals surface area (Å²) in [6.45, 7) is 0. The third-order valence-electron chi connectivity index (χ3n) is 2.85. The average molecular weight is 201 g/mol. The van der Waals surface area contributed by atoms with Crippen molar-refractivity contribution in [2.45, 2.75) is 38.1 Å². The van der Waals surface area contributed by atoms with Gasteiger partial charge < -0.3 is 5.32 Å². The number of rotatable bonds is 2. The summed E-state index contributed by atoms with van der Waals surface area (Å²) in [5.41, 5.74) is 0.670. The van der Waals surface area contributed by atoms with Crippen LogP contribution in [0.1, 0.15) is 37.7 Å². The maximum Gasteiger partial charge on any atom is 0.127 e. The normalized spacial score (nSPS) is 17.0. The molecule has 1 aromatic heterocycles. The second kappa shape index (κ2) is 4.79. The van der Waals surface area contributed by atoms with E-state index in [2.05, 4.69) is 16.4 Å². The summed E-state index contributed by atoms with van der Waals surface area (Å²) in [7, 11) is 0. The smallest absolute Gasteiger partial charge is 0.127 e. The summed E-state index contributed by atoms with van der Waals surface area (Å²) in [6.07, 6.45) is 8.08. The Morgan fingerprint density at radius 2 is 2.13 bits per heavy atom. The highest BCUT2D eigenvalue weighted by Crippen LogP contribution is 2.20. The van der Waals surface area contributed by atoms with E-state index in [1.807, 2.05) is 6.07 Å². The second-order valence-corrected chi connectivity index (χ2v) is 4.02. The molecule has 1 fully saturated rings. The topological polar surface area (TPSA) is 48.7 Å². The Morgan fingerprint density at radius 1 is 1.33 bits per heavy atom. The molecule has 0 saturated heterocycles. The predicted molar refractivity (Wildman–Crippen MR) is 59.4 cm³/mol. The summed E-state index contributed by atoms with van der Waals surface area (Å²) >= 11 is 0. The van der Waals surface area contributed by atoms with Crippen molar-refractivity contribution in [3.05, 3.63) is 23.9 Å². The lowest BCUT2D eigenvalue weighted by Crippen LogP contribution is -2.22. The van der Waals surface area contributed by atoms with E-state index in [1.165, 1.54) is 32.1 Å². The molecular formula is C12H15N3. The van der Waals surface area contributed by atoms with Crippen LogP contribution in [-0.2, 0) is 0 Å². The molecule has 15 heavy (non-hydrogen) atoms. The summed E-state index contributed by atoms with van der Waals surface area (Å²) in [4.78, 5) is 4.22. The van der Waals surface area contributed by atoms with Crippen molar-refractivity contribution in [2.24, 2.45) is 0 Å². The number of nitriles is 1. The first-order valence-corrected chi connectivity index (χ1v) is 5.51. The van der Waals surface area contributed by atoms with Crippen LogP contribution >= 0.6 is 0 Å². The van der Waals surface area contributed by atoms with E-state index in [0.29, 0.717) is 11.6 Å². The number of aromatic nitrogens is 1. The quantitative estimate of drug-likeness (QED) is 0.800. The Labute approximate surface area is 90.1 Å². The largest absolute Gasteiger partial charge is 0.367 e. The molecule has 1 aliphatic carbocycles. The Balaban J connectivity index is 2.00. The fourth-order valence-electron chi connectivity index (χ4n) is 2.04. The van der Waals surface area contributed by atoms with Crippen LogP contribution in [0.3, 0.4) is 0 Å². The van der Waals surface area contributed by atoms with E-state index in [-0.39, 0.29) is 0 Å². The molecule has 78 valence electrons. The van der Waals surface area contributed by atoms with Crippen molar-refractivity contribution in [1.82, 2.24) is 4.98 Å². The van der Waals surface area contributed by atoms with Crippen molar-refractivity contribution in [3.8, 4) is 6.07 Å². The Morgan fingerprint density at radius 3 is 2.87 bits per heavy atom. The minimum absolute atomic E-state index is 0.542. The van der Waals surface area contributed by atoms with Gasteiger partial charge in [-0.1, -0.05) is 19.3 Å². The van der Waals surface area contributed by atoms with Gasteiger partial charge in [0.05, 0.1) is 11.6 Å². The SMILES string of the molecule is N#Cc1ccnc(NC2CCCCC2)c1. The summed E-state index contributed by atoms with van der Waals surface area (Å²) in [5.74, 6) is 0.834. The van der Waals surface area contributed by atoms with Crippen LogP contribution in [0.4, 0.5) is 5.82 Å². The number of hydrogen-bond donors (Lipinski definition) is 1. The van der Waals surface area contributed by atoms with Crippen molar-refractivity contribution < 1.29 is 0 Å². The van der Waals surface area contributed by atoms with Crippen molar-refractivity contribution >= 4 is 5.82 Å². The zero-order valence-corrected chi connectivity index (χ0v) is 8.74. The van der Waals surface area contributed by atoms with Gasteiger partial charge in [-0.05, 0) is 25.0 Å². The molecule has 2 rings (SSSR count). The Kier molecular flexibility index (Phi) is 3.18. The van der Waals surface area contributed by atoms with Gasteiger partial charge in [-0.3, -0.25) is 0 Å². The Bertz CT molecular complexity index is 361. The van der Waals surface area contributed by atoms with E-state index < -0.39 is 0 Å². The summed E-state index contributed by atoms with van der Waals surface area (Å²) < 4.78 is 0. The second-order valence-electron chi connectivity index (χ2n) is 4.02. The maximum absolute atomic E-state index is 8.76. The minimum Gasteiger partial charge on any atom is -0.367 e. The third-order valence-corrected chi connectivity index (χ3v) is 2.85. The van der Waals surface area contributed by atoms with Gasteiger partial charge in [0.15, 0.2) is 0 Å². The van der Waals surface area contributed by atoms with E-state index >= 15 is 0 Å². The van der Waals surface area contributed by atoms with Gasteiger partial charge >= 0.3 is 0 Å². The summed E-state index contributed by atoms with van der Waals surface area (Å²) in [6, 6.07) is 6.21.